The van der Waals surface area contributed by atoms with Gasteiger partial charge in [-0.15, -0.1) is 0 Å². The molecule has 1 saturated carbocycles. The van der Waals surface area contributed by atoms with Crippen molar-refractivity contribution >= 4 is 29.3 Å². The number of halogens is 4. The molecule has 4 rings (SSSR count). The predicted octanol–water partition coefficient (Wildman–Crippen LogP) is 3.22. The molecule has 5 N–H and O–H groups in total. The van der Waals surface area contributed by atoms with E-state index in [4.69, 9.17) is 9.90 Å². The molecule has 1 amide bonds. The van der Waals surface area contributed by atoms with Crippen LogP contribution in [0.2, 0.25) is 0 Å². The number of anilines is 3. The third kappa shape index (κ3) is 8.18. The van der Waals surface area contributed by atoms with Crippen molar-refractivity contribution in [1.82, 2.24) is 30.5 Å². The van der Waals surface area contributed by atoms with Crippen LogP contribution in [0, 0.1) is 5.82 Å². The molecule has 1 fully saturated rings. The zero-order valence-corrected chi connectivity index (χ0v) is 18.6. The Kier molecular flexibility index (Phi) is 8.70. The summed E-state index contributed by atoms with van der Waals surface area (Å²) in [6.45, 7) is 1.12. The van der Waals surface area contributed by atoms with Gasteiger partial charge in [-0.05, 0) is 43.4 Å². The number of H-pyrrole nitrogens is 1. The van der Waals surface area contributed by atoms with Crippen molar-refractivity contribution in [3.05, 3.63) is 54.0 Å². The van der Waals surface area contributed by atoms with Crippen LogP contribution in [-0.2, 0) is 4.79 Å². The molecule has 0 atom stereocenters. The lowest BCUT2D eigenvalue weighted by molar-refractivity contribution is -0.192. The van der Waals surface area contributed by atoms with Crippen molar-refractivity contribution in [1.29, 1.82) is 0 Å². The van der Waals surface area contributed by atoms with Crippen molar-refractivity contribution in [2.75, 3.05) is 23.7 Å². The van der Waals surface area contributed by atoms with E-state index in [1.165, 1.54) is 18.5 Å². The SMILES string of the molecule is O=C(NCCCNc1nc(Nc2cccc(F)c2)ncc1C1CC1)c1ncn[nH]1.O=C(O)C(F)(F)F. The first-order valence-electron chi connectivity index (χ1n) is 10.7. The summed E-state index contributed by atoms with van der Waals surface area (Å²) in [6.07, 6.45) is 0.991. The third-order valence-electron chi connectivity index (χ3n) is 4.72. The Bertz CT molecular complexity index is 1170. The molecule has 36 heavy (non-hydrogen) atoms. The highest BCUT2D eigenvalue weighted by molar-refractivity contribution is 5.90. The highest BCUT2D eigenvalue weighted by Crippen LogP contribution is 2.42. The molecule has 11 nitrogen and oxygen atoms in total. The van der Waals surface area contributed by atoms with Crippen molar-refractivity contribution in [3.8, 4) is 0 Å². The van der Waals surface area contributed by atoms with E-state index in [-0.39, 0.29) is 17.5 Å². The maximum Gasteiger partial charge on any atom is 0.490 e. The van der Waals surface area contributed by atoms with E-state index in [0.717, 1.165) is 24.2 Å². The van der Waals surface area contributed by atoms with Crippen LogP contribution in [0.25, 0.3) is 0 Å². The summed E-state index contributed by atoms with van der Waals surface area (Å²) < 4.78 is 45.1. The Morgan fingerprint density at radius 2 is 1.92 bits per heavy atom. The first-order valence-corrected chi connectivity index (χ1v) is 10.7. The Morgan fingerprint density at radius 1 is 1.17 bits per heavy atom. The summed E-state index contributed by atoms with van der Waals surface area (Å²) in [4.78, 5) is 33.4. The number of benzene rings is 1. The number of nitrogens with zero attached hydrogens (tertiary/aromatic N) is 4. The molecular weight excluding hydrogens is 488 g/mol. The van der Waals surface area contributed by atoms with E-state index in [2.05, 4.69) is 41.1 Å². The van der Waals surface area contributed by atoms with Gasteiger partial charge < -0.3 is 21.1 Å². The second kappa shape index (κ2) is 11.9. The van der Waals surface area contributed by atoms with Crippen LogP contribution in [0.4, 0.5) is 35.0 Å². The molecule has 2 aromatic heterocycles. The van der Waals surface area contributed by atoms with Crippen molar-refractivity contribution in [2.24, 2.45) is 0 Å². The molecule has 1 aromatic carbocycles. The third-order valence-corrected chi connectivity index (χ3v) is 4.72. The highest BCUT2D eigenvalue weighted by atomic mass is 19.4. The molecule has 1 aliphatic carbocycles. The van der Waals surface area contributed by atoms with Gasteiger partial charge in [-0.1, -0.05) is 6.07 Å². The molecule has 1 aliphatic rings. The number of hydrogen-bond donors (Lipinski definition) is 5. The number of carbonyl (C=O) groups excluding carboxylic acids is 1. The van der Waals surface area contributed by atoms with Crippen LogP contribution in [0.3, 0.4) is 0 Å². The molecule has 0 radical (unpaired) electrons. The van der Waals surface area contributed by atoms with E-state index in [0.29, 0.717) is 37.1 Å². The standard InChI is InChI=1S/C19H21FN8O.C2HF3O2/c20-13-3-1-4-14(9-13)26-19-23-10-15(12-5-6-12)16(27-19)21-7-2-8-22-18(29)17-24-11-25-28-17;3-2(4,5)1(6)7/h1,3-4,9-12H,2,5-8H2,(H,22,29)(H,24,25,28)(H2,21,23,26,27);(H,6,7). The van der Waals surface area contributed by atoms with Gasteiger partial charge in [0.2, 0.25) is 11.8 Å². The van der Waals surface area contributed by atoms with Crippen LogP contribution in [0.5, 0.6) is 0 Å². The molecule has 0 bridgehead atoms. The predicted molar refractivity (Wildman–Crippen MR) is 119 cm³/mol. The number of rotatable bonds is 9. The number of carboxylic acid groups (broad SMARTS) is 1. The second-order valence-corrected chi connectivity index (χ2v) is 7.58. The first kappa shape index (κ1) is 26.3. The summed E-state index contributed by atoms with van der Waals surface area (Å²) >= 11 is 0. The number of aromatic amines is 1. The number of amides is 1. The van der Waals surface area contributed by atoms with Gasteiger partial charge in [0.05, 0.1) is 0 Å². The average Bonchev–Trinajstić information content (AvgIpc) is 3.51. The normalized spacial score (nSPS) is 12.8. The zero-order chi connectivity index (χ0) is 26.1. The molecule has 0 aliphatic heterocycles. The molecule has 2 heterocycles. The quantitative estimate of drug-likeness (QED) is 0.215. The number of carbonyl (C=O) groups is 2. The fourth-order valence-corrected chi connectivity index (χ4v) is 2.88. The van der Waals surface area contributed by atoms with Gasteiger partial charge in [0.1, 0.15) is 18.0 Å². The number of aliphatic carboxylic acids is 1. The minimum atomic E-state index is -5.08. The maximum absolute atomic E-state index is 13.4. The smallest absolute Gasteiger partial charge is 0.475 e. The van der Waals surface area contributed by atoms with Crippen molar-refractivity contribution < 1.29 is 32.3 Å². The number of carboxylic acids is 1. The zero-order valence-electron chi connectivity index (χ0n) is 18.6. The summed E-state index contributed by atoms with van der Waals surface area (Å²) in [5.41, 5.74) is 1.67. The van der Waals surface area contributed by atoms with Crippen LogP contribution < -0.4 is 16.0 Å². The van der Waals surface area contributed by atoms with Crippen molar-refractivity contribution in [3.63, 3.8) is 0 Å². The number of alkyl halides is 3. The van der Waals surface area contributed by atoms with Crippen molar-refractivity contribution in [2.45, 2.75) is 31.4 Å². The molecular formula is C21H22F4N8O3. The minimum absolute atomic E-state index is 0.192. The topological polar surface area (TPSA) is 158 Å². The van der Waals surface area contributed by atoms with Gasteiger partial charge >= 0.3 is 12.1 Å². The van der Waals surface area contributed by atoms with E-state index in [1.54, 1.807) is 12.1 Å². The molecule has 192 valence electrons. The Labute approximate surface area is 201 Å². The first-order chi connectivity index (χ1) is 17.1. The molecule has 3 aromatic rings. The summed E-state index contributed by atoms with van der Waals surface area (Å²) in [6, 6.07) is 6.16. The van der Waals surface area contributed by atoms with Gasteiger partial charge in [-0.2, -0.15) is 23.3 Å². The molecule has 0 saturated heterocycles. The van der Waals surface area contributed by atoms with Gasteiger partial charge in [0.15, 0.2) is 0 Å². The van der Waals surface area contributed by atoms with E-state index in [9.17, 15) is 22.4 Å². The molecule has 15 heteroatoms. The van der Waals surface area contributed by atoms with Crippen LogP contribution in [0.1, 0.15) is 41.4 Å². The lowest BCUT2D eigenvalue weighted by atomic mass is 10.2. The lowest BCUT2D eigenvalue weighted by Crippen LogP contribution is -2.27. The minimum Gasteiger partial charge on any atom is -0.475 e. The molecule has 0 unspecified atom stereocenters. The Balaban J connectivity index is 0.000000454. The van der Waals surface area contributed by atoms with Crippen LogP contribution >= 0.6 is 0 Å². The van der Waals surface area contributed by atoms with Gasteiger partial charge in [0.25, 0.3) is 5.91 Å². The van der Waals surface area contributed by atoms with E-state index >= 15 is 0 Å². The maximum atomic E-state index is 13.4. The summed E-state index contributed by atoms with van der Waals surface area (Å²) in [5, 5.41) is 22.4. The number of hydrogen-bond acceptors (Lipinski definition) is 8. The van der Waals surface area contributed by atoms with E-state index in [1.807, 2.05) is 6.20 Å². The van der Waals surface area contributed by atoms with Gasteiger partial charge in [0, 0.05) is 30.5 Å². The van der Waals surface area contributed by atoms with E-state index < -0.39 is 12.1 Å². The number of nitrogens with one attached hydrogen (secondary N) is 4. The van der Waals surface area contributed by atoms with Crippen LogP contribution in [0.15, 0.2) is 36.8 Å². The summed E-state index contributed by atoms with van der Waals surface area (Å²) in [7, 11) is 0. The van der Waals surface area contributed by atoms with Gasteiger partial charge in [-0.25, -0.2) is 19.2 Å². The Hall–Kier alpha value is -4.30. The fourth-order valence-electron chi connectivity index (χ4n) is 2.88. The van der Waals surface area contributed by atoms with Crippen LogP contribution in [-0.4, -0.2) is 61.4 Å². The largest absolute Gasteiger partial charge is 0.490 e. The number of aromatic nitrogens is 5. The highest BCUT2D eigenvalue weighted by Gasteiger charge is 2.38. The molecule has 0 spiro atoms. The fraction of sp³-hybridized carbons (Fsp3) is 0.333. The second-order valence-electron chi connectivity index (χ2n) is 7.58. The Morgan fingerprint density at radius 3 is 2.53 bits per heavy atom. The monoisotopic (exact) mass is 510 g/mol. The average molecular weight is 510 g/mol. The van der Waals surface area contributed by atoms with Gasteiger partial charge in [-0.3, -0.25) is 9.89 Å². The lowest BCUT2D eigenvalue weighted by Gasteiger charge is -2.13. The summed E-state index contributed by atoms with van der Waals surface area (Å²) in [5.74, 6) is -1.53.